The highest BCUT2D eigenvalue weighted by Crippen LogP contribution is 2.20. The van der Waals surface area contributed by atoms with Crippen molar-refractivity contribution in [1.29, 1.82) is 0 Å². The van der Waals surface area contributed by atoms with E-state index in [1.54, 1.807) is 0 Å². The number of hydrogen-bond donors (Lipinski definition) is 1. The van der Waals surface area contributed by atoms with E-state index in [2.05, 4.69) is 15.3 Å². The molecular formula is C15H20N4O2S. The lowest BCUT2D eigenvalue weighted by Crippen LogP contribution is -2.44. The fourth-order valence-electron chi connectivity index (χ4n) is 2.78. The van der Waals surface area contributed by atoms with Crippen molar-refractivity contribution in [3.05, 3.63) is 30.0 Å². The monoisotopic (exact) mass is 320 g/mol. The number of anilines is 1. The van der Waals surface area contributed by atoms with E-state index in [1.165, 1.54) is 10.6 Å². The molecule has 1 atom stereocenters. The molecule has 0 radical (unpaired) electrons. The van der Waals surface area contributed by atoms with Crippen LogP contribution in [0.5, 0.6) is 0 Å². The van der Waals surface area contributed by atoms with Crippen molar-refractivity contribution in [1.82, 2.24) is 14.3 Å². The van der Waals surface area contributed by atoms with Crippen molar-refractivity contribution in [3.8, 4) is 0 Å². The van der Waals surface area contributed by atoms with Crippen molar-refractivity contribution < 1.29 is 8.42 Å². The molecule has 3 rings (SSSR count). The van der Waals surface area contributed by atoms with E-state index >= 15 is 0 Å². The highest BCUT2D eigenvalue weighted by Gasteiger charge is 2.26. The molecule has 0 unspecified atom stereocenters. The molecule has 1 fully saturated rings. The van der Waals surface area contributed by atoms with Crippen LogP contribution in [-0.2, 0) is 10.0 Å². The number of hydrogen-bond acceptors (Lipinski definition) is 5. The third-order valence-electron chi connectivity index (χ3n) is 3.94. The summed E-state index contributed by atoms with van der Waals surface area (Å²) in [6.45, 7) is 2.99. The highest BCUT2D eigenvalue weighted by atomic mass is 32.2. The summed E-state index contributed by atoms with van der Waals surface area (Å²) >= 11 is 0. The molecule has 0 bridgehead atoms. The van der Waals surface area contributed by atoms with Crippen LogP contribution in [0.15, 0.2) is 24.3 Å². The molecule has 1 aromatic heterocycles. The molecule has 1 N–H and O–H groups in total. The van der Waals surface area contributed by atoms with Crippen molar-refractivity contribution in [2.75, 3.05) is 24.7 Å². The van der Waals surface area contributed by atoms with Crippen LogP contribution in [0.4, 0.5) is 5.82 Å². The van der Waals surface area contributed by atoms with E-state index in [4.69, 9.17) is 0 Å². The first kappa shape index (κ1) is 15.2. The summed E-state index contributed by atoms with van der Waals surface area (Å²) in [5.41, 5.74) is 2.54. The molecular weight excluding hydrogens is 300 g/mol. The van der Waals surface area contributed by atoms with Crippen LogP contribution in [0.2, 0.25) is 0 Å². The third kappa shape index (κ3) is 3.20. The van der Waals surface area contributed by atoms with Gasteiger partial charge in [-0.15, -0.1) is 0 Å². The van der Waals surface area contributed by atoms with E-state index in [1.807, 2.05) is 31.2 Å². The Morgan fingerprint density at radius 2 is 1.91 bits per heavy atom. The van der Waals surface area contributed by atoms with E-state index in [-0.39, 0.29) is 6.04 Å². The number of sulfonamides is 1. The standard InChI is InChI=1S/C15H20N4O2S/c1-11-15(18-14-8-4-3-7-13(14)16-11)17-12-6-5-9-19(10-12)22(2,20)21/h3-4,7-8,12H,5-6,9-10H2,1-2H3,(H,17,18)/t12-/m1/s1. The number of nitrogens with zero attached hydrogens (tertiary/aromatic N) is 3. The Balaban J connectivity index is 1.82. The van der Waals surface area contributed by atoms with Gasteiger partial charge in [-0.05, 0) is 31.9 Å². The van der Waals surface area contributed by atoms with Gasteiger partial charge < -0.3 is 5.32 Å². The Morgan fingerprint density at radius 3 is 2.59 bits per heavy atom. The lowest BCUT2D eigenvalue weighted by molar-refractivity contribution is 0.329. The fraction of sp³-hybridized carbons (Fsp3) is 0.467. The Bertz CT molecular complexity index is 791. The summed E-state index contributed by atoms with van der Waals surface area (Å²) in [6, 6.07) is 7.80. The Kier molecular flexibility index (Phi) is 4.01. The maximum Gasteiger partial charge on any atom is 0.211 e. The van der Waals surface area contributed by atoms with Gasteiger partial charge in [-0.25, -0.2) is 22.7 Å². The second kappa shape index (κ2) is 5.81. The first-order valence-electron chi connectivity index (χ1n) is 7.38. The van der Waals surface area contributed by atoms with Gasteiger partial charge in [-0.2, -0.15) is 0 Å². The number of fused-ring (bicyclic) bond motifs is 1. The first-order chi connectivity index (χ1) is 10.4. The van der Waals surface area contributed by atoms with Crippen molar-refractivity contribution in [2.24, 2.45) is 0 Å². The average Bonchev–Trinajstić information content (AvgIpc) is 2.47. The summed E-state index contributed by atoms with van der Waals surface area (Å²) < 4.78 is 24.9. The number of piperidine rings is 1. The van der Waals surface area contributed by atoms with Gasteiger partial charge in [0, 0.05) is 19.1 Å². The van der Waals surface area contributed by atoms with Crippen LogP contribution in [-0.4, -0.2) is 48.1 Å². The fourth-order valence-corrected chi connectivity index (χ4v) is 3.69. The molecule has 1 aliphatic rings. The molecule has 1 aliphatic heterocycles. The second-order valence-electron chi connectivity index (χ2n) is 5.75. The molecule has 22 heavy (non-hydrogen) atoms. The maximum absolute atomic E-state index is 11.7. The molecule has 7 heteroatoms. The predicted molar refractivity (Wildman–Crippen MR) is 87.3 cm³/mol. The second-order valence-corrected chi connectivity index (χ2v) is 7.73. The van der Waals surface area contributed by atoms with Gasteiger partial charge in [-0.3, -0.25) is 0 Å². The first-order valence-corrected chi connectivity index (χ1v) is 9.23. The van der Waals surface area contributed by atoms with E-state index in [9.17, 15) is 8.42 Å². The number of aryl methyl sites for hydroxylation is 1. The predicted octanol–water partition coefficient (Wildman–Crippen LogP) is 1.77. The van der Waals surface area contributed by atoms with Crippen LogP contribution in [0.3, 0.4) is 0 Å². The largest absolute Gasteiger partial charge is 0.364 e. The van der Waals surface area contributed by atoms with Crippen LogP contribution in [0.25, 0.3) is 11.0 Å². The smallest absolute Gasteiger partial charge is 0.211 e. The zero-order valence-electron chi connectivity index (χ0n) is 12.8. The Hall–Kier alpha value is -1.73. The van der Waals surface area contributed by atoms with Gasteiger partial charge >= 0.3 is 0 Å². The molecule has 1 saturated heterocycles. The summed E-state index contributed by atoms with van der Waals surface area (Å²) in [5.74, 6) is 0.735. The van der Waals surface area contributed by atoms with Crippen molar-refractivity contribution >= 4 is 26.9 Å². The van der Waals surface area contributed by atoms with Gasteiger partial charge in [0.05, 0.1) is 23.0 Å². The topological polar surface area (TPSA) is 75.2 Å². The minimum atomic E-state index is -3.14. The molecule has 118 valence electrons. The third-order valence-corrected chi connectivity index (χ3v) is 5.21. The average molecular weight is 320 g/mol. The molecule has 2 heterocycles. The Morgan fingerprint density at radius 1 is 1.23 bits per heavy atom. The minimum absolute atomic E-state index is 0.0673. The van der Waals surface area contributed by atoms with E-state index in [0.717, 1.165) is 35.4 Å². The molecule has 0 amide bonds. The van der Waals surface area contributed by atoms with Gasteiger partial charge in [0.1, 0.15) is 5.82 Å². The summed E-state index contributed by atoms with van der Waals surface area (Å²) in [7, 11) is -3.14. The van der Waals surface area contributed by atoms with E-state index in [0.29, 0.717) is 13.1 Å². The lowest BCUT2D eigenvalue weighted by Gasteiger charge is -2.31. The number of para-hydroxylation sites is 2. The van der Waals surface area contributed by atoms with Crippen LogP contribution < -0.4 is 5.32 Å². The molecule has 1 aromatic carbocycles. The molecule has 0 aliphatic carbocycles. The van der Waals surface area contributed by atoms with Crippen molar-refractivity contribution in [3.63, 3.8) is 0 Å². The number of rotatable bonds is 3. The van der Waals surface area contributed by atoms with E-state index < -0.39 is 10.0 Å². The zero-order valence-corrected chi connectivity index (χ0v) is 13.6. The summed E-state index contributed by atoms with van der Waals surface area (Å²) in [5, 5.41) is 3.36. The van der Waals surface area contributed by atoms with Crippen LogP contribution in [0, 0.1) is 6.92 Å². The quantitative estimate of drug-likeness (QED) is 0.933. The van der Waals surface area contributed by atoms with Crippen LogP contribution in [0.1, 0.15) is 18.5 Å². The number of aromatic nitrogens is 2. The van der Waals surface area contributed by atoms with Gasteiger partial charge in [0.15, 0.2) is 0 Å². The lowest BCUT2D eigenvalue weighted by atomic mass is 10.1. The molecule has 6 nitrogen and oxygen atoms in total. The Labute approximate surface area is 130 Å². The van der Waals surface area contributed by atoms with Gasteiger partial charge in [-0.1, -0.05) is 12.1 Å². The normalized spacial score (nSPS) is 20.2. The minimum Gasteiger partial charge on any atom is -0.364 e. The molecule has 0 spiro atoms. The number of benzene rings is 1. The highest BCUT2D eigenvalue weighted by molar-refractivity contribution is 7.88. The molecule has 2 aromatic rings. The zero-order chi connectivity index (χ0) is 15.7. The SMILES string of the molecule is Cc1nc2ccccc2nc1N[C@@H]1CCCN(S(C)(=O)=O)C1. The van der Waals surface area contributed by atoms with Gasteiger partial charge in [0.2, 0.25) is 10.0 Å². The summed E-state index contributed by atoms with van der Waals surface area (Å²) in [4.78, 5) is 9.17. The maximum atomic E-state index is 11.7. The summed E-state index contributed by atoms with van der Waals surface area (Å²) in [6.07, 6.45) is 3.04. The van der Waals surface area contributed by atoms with Crippen LogP contribution >= 0.6 is 0 Å². The van der Waals surface area contributed by atoms with Gasteiger partial charge in [0.25, 0.3) is 0 Å². The molecule has 0 saturated carbocycles. The number of nitrogens with one attached hydrogen (secondary N) is 1. The van der Waals surface area contributed by atoms with Crippen molar-refractivity contribution in [2.45, 2.75) is 25.8 Å².